The van der Waals surface area contributed by atoms with Crippen LogP contribution in [0, 0.1) is 22.0 Å². The first-order chi connectivity index (χ1) is 18.3. The van der Waals surface area contributed by atoms with Crippen LogP contribution in [0.25, 0.3) is 0 Å². The lowest BCUT2D eigenvalue weighted by molar-refractivity contribution is -0.384. The monoisotopic (exact) mass is 514 g/mol. The summed E-state index contributed by atoms with van der Waals surface area (Å²) < 4.78 is 5.28. The lowest BCUT2D eigenvalue weighted by atomic mass is 9.76. The van der Waals surface area contributed by atoms with Gasteiger partial charge in [0.05, 0.1) is 24.0 Å². The summed E-state index contributed by atoms with van der Waals surface area (Å²) in [6.07, 6.45) is 1.33. The third-order valence-corrected chi connectivity index (χ3v) is 7.41. The molecule has 1 N–H and O–H groups in total. The molecule has 0 spiro atoms. The number of Topliss-reactive ketones (excluding diaryl/α,β-unsaturated/α-hetero) is 1. The largest absolute Gasteiger partial charge is 0.497 e. The molecule has 194 valence electrons. The molecule has 0 bridgehead atoms. The molecular formula is C29H26N2O7. The Morgan fingerprint density at radius 3 is 2.05 bits per heavy atom. The average molecular weight is 515 g/mol. The van der Waals surface area contributed by atoms with Crippen molar-refractivity contribution in [1.82, 2.24) is 4.90 Å². The number of nitro groups is 1. The molecule has 2 aliphatic rings. The number of carboxylic acid groups (broad SMARTS) is 1. The normalized spacial score (nSPS) is 22.6. The Balaban J connectivity index is 1.73. The second-order valence-corrected chi connectivity index (χ2v) is 9.65. The molecule has 9 nitrogen and oxygen atoms in total. The SMILES string of the molecule is COc1ccc(C2C(C(=O)c3ccccc3)C(c3ccc([N+](=O)[O-])cc3)C(C(=O)O)N2C(=O)C2CC2)cc1. The minimum atomic E-state index is -1.34. The second-order valence-electron chi connectivity index (χ2n) is 9.65. The number of methoxy groups -OCH3 is 1. The van der Waals surface area contributed by atoms with Crippen molar-refractivity contribution in [3.05, 3.63) is 106 Å². The number of non-ortho nitro benzene ring substituents is 1. The zero-order chi connectivity index (χ0) is 27.0. The zero-order valence-corrected chi connectivity index (χ0v) is 20.6. The van der Waals surface area contributed by atoms with Crippen LogP contribution in [0.3, 0.4) is 0 Å². The predicted octanol–water partition coefficient (Wildman–Crippen LogP) is 4.63. The Morgan fingerprint density at radius 1 is 0.921 bits per heavy atom. The molecule has 4 atom stereocenters. The Kier molecular flexibility index (Phi) is 6.67. The van der Waals surface area contributed by atoms with Crippen LogP contribution >= 0.6 is 0 Å². The van der Waals surface area contributed by atoms with Gasteiger partial charge in [-0.1, -0.05) is 54.6 Å². The van der Waals surface area contributed by atoms with Crippen molar-refractivity contribution in [1.29, 1.82) is 0 Å². The first-order valence-corrected chi connectivity index (χ1v) is 12.3. The molecule has 3 aromatic rings. The van der Waals surface area contributed by atoms with Gasteiger partial charge in [0, 0.05) is 29.5 Å². The number of ether oxygens (including phenoxy) is 1. The van der Waals surface area contributed by atoms with Gasteiger partial charge in [0.2, 0.25) is 5.91 Å². The van der Waals surface area contributed by atoms with E-state index in [1.165, 1.54) is 36.3 Å². The molecule has 38 heavy (non-hydrogen) atoms. The average Bonchev–Trinajstić information content (AvgIpc) is 3.73. The predicted molar refractivity (Wildman–Crippen MR) is 137 cm³/mol. The maximum atomic E-state index is 14.2. The summed E-state index contributed by atoms with van der Waals surface area (Å²) in [5, 5.41) is 21.8. The molecule has 9 heteroatoms. The second kappa shape index (κ2) is 10.1. The number of hydrogen-bond donors (Lipinski definition) is 1. The molecule has 1 heterocycles. The standard InChI is InChI=1S/C29H26N2O7/c1-38-22-15-11-18(12-16-22)25-24(27(32)19-5-3-2-4-6-19)23(17-9-13-21(14-10-17)31(36)37)26(29(34)35)30(25)28(33)20-7-8-20/h2-6,9-16,20,23-26H,7-8H2,1H3,(H,34,35). The maximum Gasteiger partial charge on any atom is 0.327 e. The number of nitro benzene ring substituents is 1. The van der Waals surface area contributed by atoms with Crippen molar-refractivity contribution in [2.75, 3.05) is 7.11 Å². The highest BCUT2D eigenvalue weighted by molar-refractivity contribution is 6.01. The number of carboxylic acids is 1. The lowest BCUT2D eigenvalue weighted by Crippen LogP contribution is -2.44. The highest BCUT2D eigenvalue weighted by Crippen LogP contribution is 2.53. The number of nitrogens with zero attached hydrogens (tertiary/aromatic N) is 2. The summed E-state index contributed by atoms with van der Waals surface area (Å²) in [5.74, 6) is -3.42. The number of amides is 1. The molecule has 5 rings (SSSR count). The summed E-state index contributed by atoms with van der Waals surface area (Å²) >= 11 is 0. The van der Waals surface area contributed by atoms with Crippen LogP contribution in [0.15, 0.2) is 78.9 Å². The van der Waals surface area contributed by atoms with E-state index in [4.69, 9.17) is 4.74 Å². The van der Waals surface area contributed by atoms with E-state index in [0.29, 0.717) is 35.3 Å². The quantitative estimate of drug-likeness (QED) is 0.264. The molecular weight excluding hydrogens is 488 g/mol. The third kappa shape index (κ3) is 4.51. The van der Waals surface area contributed by atoms with E-state index in [2.05, 4.69) is 0 Å². The summed E-state index contributed by atoms with van der Waals surface area (Å²) in [4.78, 5) is 52.8. The van der Waals surface area contributed by atoms with Gasteiger partial charge < -0.3 is 14.7 Å². The molecule has 1 amide bonds. The van der Waals surface area contributed by atoms with E-state index < -0.39 is 34.8 Å². The fourth-order valence-electron chi connectivity index (χ4n) is 5.48. The number of benzene rings is 3. The van der Waals surface area contributed by atoms with Gasteiger partial charge in [-0.15, -0.1) is 0 Å². The minimum absolute atomic E-state index is 0.151. The van der Waals surface area contributed by atoms with Crippen molar-refractivity contribution in [3.8, 4) is 5.75 Å². The summed E-state index contributed by atoms with van der Waals surface area (Å²) in [5.41, 5.74) is 1.31. The van der Waals surface area contributed by atoms with Crippen molar-refractivity contribution in [2.24, 2.45) is 11.8 Å². The van der Waals surface area contributed by atoms with Gasteiger partial charge in [0.25, 0.3) is 5.69 Å². The molecule has 1 aliphatic heterocycles. The van der Waals surface area contributed by atoms with Gasteiger partial charge in [-0.05, 0) is 36.1 Å². The van der Waals surface area contributed by atoms with E-state index in [1.807, 2.05) is 0 Å². The van der Waals surface area contributed by atoms with Crippen molar-refractivity contribution in [3.63, 3.8) is 0 Å². The number of carbonyl (C=O) groups is 3. The molecule has 1 saturated heterocycles. The number of ketones is 1. The Morgan fingerprint density at radius 2 is 1.53 bits per heavy atom. The lowest BCUT2D eigenvalue weighted by Gasteiger charge is -2.30. The van der Waals surface area contributed by atoms with Crippen LogP contribution in [0.2, 0.25) is 0 Å². The highest BCUT2D eigenvalue weighted by atomic mass is 16.6. The van der Waals surface area contributed by atoms with E-state index >= 15 is 0 Å². The van der Waals surface area contributed by atoms with Gasteiger partial charge in [0.1, 0.15) is 11.8 Å². The van der Waals surface area contributed by atoms with Gasteiger partial charge in [-0.2, -0.15) is 0 Å². The van der Waals surface area contributed by atoms with E-state index in [-0.39, 0.29) is 23.3 Å². The molecule has 0 radical (unpaired) electrons. The Labute approximate surface area is 218 Å². The summed E-state index contributed by atoms with van der Waals surface area (Å²) in [6, 6.07) is 18.9. The van der Waals surface area contributed by atoms with E-state index in [9.17, 15) is 29.6 Å². The summed E-state index contributed by atoms with van der Waals surface area (Å²) in [6.45, 7) is 0. The van der Waals surface area contributed by atoms with Crippen LogP contribution < -0.4 is 4.74 Å². The smallest absolute Gasteiger partial charge is 0.327 e. The fraction of sp³-hybridized carbons (Fsp3) is 0.276. The number of rotatable bonds is 8. The number of aliphatic carboxylic acids is 1. The number of carbonyl (C=O) groups excluding carboxylic acids is 2. The van der Waals surface area contributed by atoms with Crippen molar-refractivity contribution in [2.45, 2.75) is 30.8 Å². The van der Waals surface area contributed by atoms with Gasteiger partial charge >= 0.3 is 5.97 Å². The molecule has 1 aliphatic carbocycles. The zero-order valence-electron chi connectivity index (χ0n) is 20.6. The minimum Gasteiger partial charge on any atom is -0.497 e. The van der Waals surface area contributed by atoms with Crippen LogP contribution in [0.1, 0.15) is 46.3 Å². The third-order valence-electron chi connectivity index (χ3n) is 7.41. The number of likely N-dealkylation sites (tertiary alicyclic amines) is 1. The molecule has 1 saturated carbocycles. The number of hydrogen-bond acceptors (Lipinski definition) is 6. The topological polar surface area (TPSA) is 127 Å². The van der Waals surface area contributed by atoms with E-state index in [1.54, 1.807) is 54.6 Å². The van der Waals surface area contributed by atoms with Crippen LogP contribution in [0.5, 0.6) is 5.75 Å². The van der Waals surface area contributed by atoms with Gasteiger partial charge in [0.15, 0.2) is 5.78 Å². The Bertz CT molecular complexity index is 1370. The Hall–Kier alpha value is -4.53. The first-order valence-electron chi connectivity index (χ1n) is 12.3. The molecule has 2 fully saturated rings. The van der Waals surface area contributed by atoms with Gasteiger partial charge in [-0.3, -0.25) is 19.7 Å². The van der Waals surface area contributed by atoms with Crippen molar-refractivity contribution < 1.29 is 29.2 Å². The molecule has 4 unspecified atom stereocenters. The highest BCUT2D eigenvalue weighted by Gasteiger charge is 2.59. The molecule has 0 aromatic heterocycles. The summed E-state index contributed by atoms with van der Waals surface area (Å²) in [7, 11) is 1.53. The fourth-order valence-corrected chi connectivity index (χ4v) is 5.48. The van der Waals surface area contributed by atoms with Gasteiger partial charge in [-0.25, -0.2) is 4.79 Å². The van der Waals surface area contributed by atoms with Crippen LogP contribution in [-0.2, 0) is 9.59 Å². The van der Waals surface area contributed by atoms with Crippen LogP contribution in [-0.4, -0.2) is 45.7 Å². The van der Waals surface area contributed by atoms with E-state index in [0.717, 1.165) is 0 Å². The maximum absolute atomic E-state index is 14.2. The molecule has 3 aromatic carbocycles. The van der Waals surface area contributed by atoms with Crippen LogP contribution in [0.4, 0.5) is 5.69 Å². The first kappa shape index (κ1) is 25.1. The van der Waals surface area contributed by atoms with Crippen molar-refractivity contribution >= 4 is 23.3 Å².